The van der Waals surface area contributed by atoms with Crippen LogP contribution in [0.5, 0.6) is 0 Å². The van der Waals surface area contributed by atoms with Gasteiger partial charge < -0.3 is 25.7 Å². The van der Waals surface area contributed by atoms with Gasteiger partial charge in [0.15, 0.2) is 5.65 Å². The van der Waals surface area contributed by atoms with Crippen molar-refractivity contribution in [3.8, 4) is 11.4 Å². The Morgan fingerprint density at radius 2 is 2.06 bits per heavy atom. The zero-order valence-electron chi connectivity index (χ0n) is 17.9. The van der Waals surface area contributed by atoms with Crippen LogP contribution in [-0.2, 0) is 4.74 Å². The molecule has 2 fully saturated rings. The highest BCUT2D eigenvalue weighted by Gasteiger charge is 2.47. The average Bonchev–Trinajstić information content (AvgIpc) is 3.60. The summed E-state index contributed by atoms with van der Waals surface area (Å²) in [4.78, 5) is 31.3. The van der Waals surface area contributed by atoms with E-state index < -0.39 is 6.09 Å². The number of anilines is 2. The number of nitrogens with zero attached hydrogens (tertiary/aromatic N) is 4. The first-order valence-corrected chi connectivity index (χ1v) is 12.0. The van der Waals surface area contributed by atoms with Crippen molar-refractivity contribution in [2.24, 2.45) is 17.6 Å². The van der Waals surface area contributed by atoms with Crippen LogP contribution in [0.15, 0.2) is 41.2 Å². The molecule has 2 bridgehead atoms. The number of primary amides is 1. The van der Waals surface area contributed by atoms with E-state index in [1.807, 2.05) is 18.3 Å². The number of hydrogen-bond acceptors (Lipinski definition) is 7. The van der Waals surface area contributed by atoms with Crippen molar-refractivity contribution in [2.75, 3.05) is 23.3 Å². The van der Waals surface area contributed by atoms with E-state index in [2.05, 4.69) is 53.3 Å². The lowest BCUT2D eigenvalue weighted by molar-refractivity contribution is 0.0854. The Labute approximate surface area is 199 Å². The molecule has 2 aliphatic carbocycles. The van der Waals surface area contributed by atoms with Crippen molar-refractivity contribution in [1.82, 2.24) is 19.9 Å². The summed E-state index contributed by atoms with van der Waals surface area (Å²) in [5.74, 6) is 2.10. The van der Waals surface area contributed by atoms with Gasteiger partial charge in [0, 0.05) is 37.3 Å². The van der Waals surface area contributed by atoms with E-state index in [0.717, 1.165) is 52.4 Å². The van der Waals surface area contributed by atoms with Crippen LogP contribution in [-0.4, -0.2) is 51.3 Å². The summed E-state index contributed by atoms with van der Waals surface area (Å²) in [6.07, 6.45) is 10.1. The minimum absolute atomic E-state index is 0.0836. The van der Waals surface area contributed by atoms with Gasteiger partial charge in [-0.2, -0.15) is 0 Å². The van der Waals surface area contributed by atoms with Crippen molar-refractivity contribution in [3.05, 3.63) is 41.2 Å². The summed E-state index contributed by atoms with van der Waals surface area (Å²) in [5, 5.41) is 3.61. The lowest BCUT2D eigenvalue weighted by atomic mass is 9.98. The van der Waals surface area contributed by atoms with Crippen LogP contribution in [0.1, 0.15) is 19.3 Å². The molecular weight excluding hydrogens is 486 g/mol. The molecule has 4 N–H and O–H groups in total. The van der Waals surface area contributed by atoms with Gasteiger partial charge in [-0.25, -0.2) is 19.7 Å². The number of imidazole rings is 1. The molecule has 0 unspecified atom stereocenters. The van der Waals surface area contributed by atoms with Crippen LogP contribution in [0.25, 0.3) is 22.6 Å². The second-order valence-electron chi connectivity index (χ2n) is 8.85. The topological polar surface area (TPSA) is 122 Å². The van der Waals surface area contributed by atoms with Crippen LogP contribution in [0.4, 0.5) is 16.3 Å². The fourth-order valence-electron chi connectivity index (χ4n) is 5.39. The zero-order valence-corrected chi connectivity index (χ0v) is 19.5. The summed E-state index contributed by atoms with van der Waals surface area (Å²) in [6, 6.07) is 3.88. The number of pyridine rings is 2. The van der Waals surface area contributed by atoms with Gasteiger partial charge in [0.25, 0.3) is 0 Å². The number of hydrogen-bond donors (Lipinski definition) is 3. The molecule has 3 aromatic heterocycles. The Hall–Kier alpha value is -3.14. The molecular formula is C23H24BrN7O2. The molecule has 4 atom stereocenters. The molecule has 9 nitrogen and oxygen atoms in total. The van der Waals surface area contributed by atoms with Gasteiger partial charge in [-0.05, 0) is 47.3 Å². The molecule has 1 saturated heterocycles. The van der Waals surface area contributed by atoms with Crippen LogP contribution in [0.2, 0.25) is 0 Å². The maximum absolute atomic E-state index is 11.5. The third kappa shape index (κ3) is 3.52. The summed E-state index contributed by atoms with van der Waals surface area (Å²) in [5.41, 5.74) is 8.55. The lowest BCUT2D eigenvalue weighted by Gasteiger charge is -2.29. The highest BCUT2D eigenvalue weighted by molar-refractivity contribution is 9.10. The van der Waals surface area contributed by atoms with Crippen molar-refractivity contribution in [2.45, 2.75) is 31.4 Å². The average molecular weight is 510 g/mol. The summed E-state index contributed by atoms with van der Waals surface area (Å²) in [6.45, 7) is 2.00. The van der Waals surface area contributed by atoms with Crippen LogP contribution >= 0.6 is 15.9 Å². The lowest BCUT2D eigenvalue weighted by Crippen LogP contribution is -2.41. The number of ether oxygens (including phenoxy) is 1. The van der Waals surface area contributed by atoms with Crippen LogP contribution in [0.3, 0.4) is 0 Å². The third-order valence-corrected chi connectivity index (χ3v) is 7.47. The standard InChI is InChI=1S/C23H24BrN7O2/c24-15-11-27-21-18(17(15)28-16-12-5-6-13(10-12)19(16)33-23(25)32)29-20(30-21)14-4-3-7-26-22(14)31-8-1-2-9-31/h3-7,11-13,16,19H,1-2,8-10H2,(H2,25,32)(H2,27,28,29,30)/t12-,13+,16+,19-/m0/s1. The number of halogens is 1. The first-order chi connectivity index (χ1) is 16.1. The zero-order chi connectivity index (χ0) is 22.5. The molecule has 1 amide bonds. The quantitative estimate of drug-likeness (QED) is 0.446. The molecule has 33 heavy (non-hydrogen) atoms. The molecule has 3 aromatic rings. The molecule has 6 rings (SSSR count). The maximum Gasteiger partial charge on any atom is 0.404 e. The fraction of sp³-hybridized carbons (Fsp3) is 0.391. The molecule has 0 spiro atoms. The number of fused-ring (bicyclic) bond motifs is 3. The van der Waals surface area contributed by atoms with Crippen LogP contribution in [0, 0.1) is 11.8 Å². The Balaban J connectivity index is 1.38. The fourth-order valence-corrected chi connectivity index (χ4v) is 5.81. The largest absolute Gasteiger partial charge is 0.444 e. The number of nitrogens with two attached hydrogens (primary N) is 1. The molecule has 170 valence electrons. The number of carbonyl (C=O) groups excluding carboxylic acids is 1. The molecule has 3 aliphatic rings. The van der Waals surface area contributed by atoms with Gasteiger partial charge in [0.2, 0.25) is 0 Å². The minimum atomic E-state index is -0.749. The molecule has 0 aromatic carbocycles. The number of nitrogens with one attached hydrogen (secondary N) is 2. The van der Waals surface area contributed by atoms with E-state index in [4.69, 9.17) is 15.5 Å². The van der Waals surface area contributed by atoms with Gasteiger partial charge in [-0.15, -0.1) is 0 Å². The third-order valence-electron chi connectivity index (χ3n) is 6.87. The van der Waals surface area contributed by atoms with E-state index in [0.29, 0.717) is 5.65 Å². The number of carbonyl (C=O) groups is 1. The predicted molar refractivity (Wildman–Crippen MR) is 129 cm³/mol. The molecule has 0 radical (unpaired) electrons. The van der Waals surface area contributed by atoms with E-state index in [9.17, 15) is 4.79 Å². The van der Waals surface area contributed by atoms with Crippen molar-refractivity contribution < 1.29 is 9.53 Å². The number of rotatable bonds is 5. The Kier molecular flexibility index (Phi) is 4.97. The first-order valence-electron chi connectivity index (χ1n) is 11.2. The highest BCUT2D eigenvalue weighted by atomic mass is 79.9. The molecule has 10 heteroatoms. The summed E-state index contributed by atoms with van der Waals surface area (Å²) in [7, 11) is 0. The molecule has 1 saturated carbocycles. The number of aromatic nitrogens is 4. The van der Waals surface area contributed by atoms with Gasteiger partial charge in [-0.3, -0.25) is 0 Å². The number of aromatic amines is 1. The van der Waals surface area contributed by atoms with E-state index >= 15 is 0 Å². The van der Waals surface area contributed by atoms with Crippen molar-refractivity contribution >= 4 is 44.7 Å². The maximum atomic E-state index is 11.5. The monoisotopic (exact) mass is 509 g/mol. The predicted octanol–water partition coefficient (Wildman–Crippen LogP) is 3.83. The summed E-state index contributed by atoms with van der Waals surface area (Å²) >= 11 is 3.64. The van der Waals surface area contributed by atoms with Crippen molar-refractivity contribution in [1.29, 1.82) is 0 Å². The highest BCUT2D eigenvalue weighted by Crippen LogP contribution is 2.44. The summed E-state index contributed by atoms with van der Waals surface area (Å²) < 4.78 is 6.29. The number of amides is 1. The minimum Gasteiger partial charge on any atom is -0.444 e. The van der Waals surface area contributed by atoms with Gasteiger partial charge in [-0.1, -0.05) is 12.2 Å². The van der Waals surface area contributed by atoms with Gasteiger partial charge >= 0.3 is 6.09 Å². The molecule has 4 heterocycles. The van der Waals surface area contributed by atoms with Gasteiger partial charge in [0.1, 0.15) is 23.3 Å². The van der Waals surface area contributed by atoms with Crippen LogP contribution < -0.4 is 16.0 Å². The Morgan fingerprint density at radius 1 is 1.24 bits per heavy atom. The second-order valence-corrected chi connectivity index (χ2v) is 9.71. The van der Waals surface area contributed by atoms with E-state index in [1.165, 1.54) is 12.8 Å². The molecule has 1 aliphatic heterocycles. The van der Waals surface area contributed by atoms with E-state index in [1.54, 1.807) is 6.20 Å². The normalized spacial score (nSPS) is 25.8. The SMILES string of the molecule is NC(=O)O[C@@H]1[C@H](Nc2c(Br)cnc3nc(-c4cccnc4N4CCCC4)[nH]c23)[C@H]2C=C[C@@H]1C2. The first kappa shape index (κ1) is 20.5. The Bertz CT molecular complexity index is 1250. The number of H-pyrrole nitrogens is 1. The van der Waals surface area contributed by atoms with E-state index in [-0.39, 0.29) is 24.0 Å². The Morgan fingerprint density at radius 3 is 2.88 bits per heavy atom. The second kappa shape index (κ2) is 8.02. The van der Waals surface area contributed by atoms with Gasteiger partial charge in [0.05, 0.1) is 21.8 Å². The van der Waals surface area contributed by atoms with Crippen molar-refractivity contribution in [3.63, 3.8) is 0 Å². The smallest absolute Gasteiger partial charge is 0.404 e.